The maximum absolute atomic E-state index is 14.5. The van der Waals surface area contributed by atoms with Crippen LogP contribution in [0, 0.1) is 29.6 Å². The standard InChI is InChI=1S/C14H19F2NO3.C13H16F3NO3.C12H16F3N3O2.C12H14F3NO4.C11H14F2N2O5.C10H12F3N3O4/c1-4-13(5-2)9(3)14(15,16)12(20-13)17-7-6-10(18)8-11(17)19;1-3-12(7-14)8(2)13(15,16)11(20-12)17-5-4-9(18)6-10(17)19;1-3-11(6-13)7(2)12(14,15)9(20-11)18-5-4-8(16)17-10(18)19;1-7-11(5-13,6-17)20-10(12(7,14)15)16-3-2-8(18)4-9(16)19;1-6-10(4-16,5-17)20-8(11(6,12)13)15-3-2-7(18)14-9(15)19;11-3-9(4-17)6(18)10(12,13)7(20-9)16-2-1-5(14)15-8(16)19/h6-7,9,12H,4-5,8H2,1-3H3;4-5,8,11H,3,6-7H2,1-2H3;4-5,7,9H,3,6H2,1-2H3,(H2,16,17,19);2-3,7,10,17H,4-6H2,1H3;2-3,6,8,16-17H,4-5H2,1H3,(H,14,18,19);1-2,6-7,17-18H,3-4H2,(H2,14,15,19)/t9-,12-;8-,11-,12+;7-,9-,11+;7-,10-,11-;6-,8-;6-,7-,9-/m111111/s1. The van der Waals surface area contributed by atoms with Gasteiger partial charge in [-0.3, -0.25) is 66.9 Å². The van der Waals surface area contributed by atoms with Crippen LogP contribution in [0.2, 0.25) is 0 Å². The number of carbonyl (C=O) groups excluding carboxylic acids is 6. The van der Waals surface area contributed by atoms with E-state index in [0.717, 1.165) is 86.3 Å². The molecule has 3 aromatic rings. The summed E-state index contributed by atoms with van der Waals surface area (Å²) in [5, 5.41) is 46.2. The number of alkyl halides is 16. The number of nitrogens with two attached hydrogens (primary N) is 2. The number of ketones is 3. The van der Waals surface area contributed by atoms with Gasteiger partial charge in [-0.05, 0) is 56.0 Å². The number of rotatable bonds is 18. The molecule has 0 bridgehead atoms. The van der Waals surface area contributed by atoms with Gasteiger partial charge in [-0.1, -0.05) is 62.3 Å². The van der Waals surface area contributed by atoms with Crippen molar-refractivity contribution >= 4 is 46.7 Å². The number of nitrogens with zero attached hydrogens (tertiary/aromatic N) is 8. The molecule has 0 saturated carbocycles. The van der Waals surface area contributed by atoms with Crippen LogP contribution in [-0.2, 0) is 57.2 Å². The quantitative estimate of drug-likeness (QED) is 0.0612. The number of anilines is 2. The van der Waals surface area contributed by atoms with Crippen LogP contribution in [0.3, 0.4) is 0 Å². The number of hydrogen-bond acceptors (Lipinski definition) is 25. The number of hydrogen-bond donors (Lipinski definition) is 8. The van der Waals surface area contributed by atoms with Gasteiger partial charge < -0.3 is 65.4 Å². The molecule has 32 nitrogen and oxygen atoms in total. The van der Waals surface area contributed by atoms with Crippen molar-refractivity contribution < 1.29 is 153 Å². The predicted octanol–water partition coefficient (Wildman–Crippen LogP) is 5.02. The van der Waals surface area contributed by atoms with Crippen LogP contribution in [0.4, 0.5) is 81.9 Å². The number of allylic oxidation sites excluding steroid dienone is 3. The molecule has 6 saturated heterocycles. The van der Waals surface area contributed by atoms with E-state index < -0.39 is 260 Å². The second-order valence-electron chi connectivity index (χ2n) is 29.7. The first-order chi connectivity index (χ1) is 55.7. The smallest absolute Gasteiger partial charge is 0.351 e. The number of aliphatic hydroxyl groups is 5. The van der Waals surface area contributed by atoms with Gasteiger partial charge in [0.15, 0.2) is 29.1 Å². The van der Waals surface area contributed by atoms with Gasteiger partial charge in [-0.2, -0.15) is 18.7 Å². The molecule has 3 aromatic heterocycles. The van der Waals surface area contributed by atoms with Crippen LogP contribution >= 0.6 is 0 Å². The number of aliphatic hydroxyl groups excluding tert-OH is 5. The summed E-state index contributed by atoms with van der Waals surface area (Å²) in [6.07, 6.45) is -5.64. The number of nitrogens with one attached hydrogen (secondary N) is 1. The van der Waals surface area contributed by atoms with Gasteiger partial charge in [-0.15, -0.1) is 0 Å². The fourth-order valence-corrected chi connectivity index (χ4v) is 14.6. The van der Waals surface area contributed by atoms with Gasteiger partial charge in [0, 0.05) is 43.3 Å². The second kappa shape index (κ2) is 36.7. The normalized spacial score (nSPS) is 33.0. The molecule has 48 heteroatoms. The number of H-pyrrole nitrogens is 1. The van der Waals surface area contributed by atoms with E-state index in [1.807, 2.05) is 4.98 Å². The van der Waals surface area contributed by atoms with Crippen LogP contribution in [0.5, 0.6) is 0 Å². The average Bonchev–Trinajstić information content (AvgIpc) is 1.62. The SMILES string of the molecule is CCC1(CC)O[C@@H](N2C=CC(=O)CC2=O)C(F)(F)[C@@H]1C.CC[C@@]1(CF)O[C@@H](N2C=CC(=O)CC2=O)C(F)(F)[C@@H]1C.CC[C@@]1(CF)O[C@@H](n2ccc(N)nc2=O)C(F)(F)[C@@H]1C.C[C@@H]1C(CO)(CO)O[C@@H](n2ccc(=O)[nH]c2=O)C1(F)F.C[C@H]1C(F)(F)[C@H](N2C=CC(=O)CC2=O)O[C@@]1(CO)CF.Nc1ccn([C@@H]2O[C@@](CO)(CF)[C@@H](O)C2(F)F)c(=O)n1. The van der Waals surface area contributed by atoms with E-state index in [1.165, 1.54) is 26.8 Å². The first-order valence-electron chi connectivity index (χ1n) is 37.0. The molecule has 0 aromatic carbocycles. The first-order valence-corrected chi connectivity index (χ1v) is 37.0. The Kier molecular flexibility index (Phi) is 30.0. The zero-order valence-electron chi connectivity index (χ0n) is 65.5. The molecule has 12 heterocycles. The molecule has 9 aliphatic heterocycles. The minimum Gasteiger partial charge on any atom is -0.393 e. The Bertz CT molecular complexity index is 4250. The highest BCUT2D eigenvalue weighted by Gasteiger charge is 2.71. The van der Waals surface area contributed by atoms with E-state index in [4.69, 9.17) is 50.1 Å². The number of nitrogen functional groups attached to an aromatic ring is 2. The third-order valence-electron chi connectivity index (χ3n) is 23.3. The Labute approximate surface area is 670 Å². The molecule has 0 radical (unpaired) electrons. The van der Waals surface area contributed by atoms with Crippen molar-refractivity contribution in [1.82, 2.24) is 43.4 Å². The molecule has 12 rings (SSSR count). The molecule has 120 heavy (non-hydrogen) atoms. The van der Waals surface area contributed by atoms with E-state index in [-0.39, 0.29) is 36.7 Å². The van der Waals surface area contributed by atoms with Crippen molar-refractivity contribution in [2.75, 3.05) is 64.6 Å². The highest BCUT2D eigenvalue weighted by molar-refractivity contribution is 6.07. The van der Waals surface area contributed by atoms with E-state index in [1.54, 1.807) is 27.7 Å². The van der Waals surface area contributed by atoms with E-state index in [0.29, 0.717) is 36.3 Å². The minimum absolute atomic E-state index is 0.0709. The molecule has 9 aliphatic rings. The molecule has 6 fully saturated rings. The third kappa shape index (κ3) is 17.9. The van der Waals surface area contributed by atoms with Gasteiger partial charge >= 0.3 is 23.0 Å². The summed E-state index contributed by atoms with van der Waals surface area (Å²) in [4.78, 5) is 125. The van der Waals surface area contributed by atoms with Crippen LogP contribution in [0.1, 0.15) is 126 Å². The second-order valence-corrected chi connectivity index (χ2v) is 29.7. The van der Waals surface area contributed by atoms with E-state index in [2.05, 4.69) is 9.97 Å². The third-order valence-corrected chi connectivity index (χ3v) is 23.3. The first kappa shape index (κ1) is 98.2. The van der Waals surface area contributed by atoms with Crippen LogP contribution in [0.25, 0.3) is 0 Å². The number of halogens is 16. The minimum atomic E-state index is -3.99. The van der Waals surface area contributed by atoms with E-state index in [9.17, 15) is 134 Å². The van der Waals surface area contributed by atoms with Crippen molar-refractivity contribution in [2.45, 2.75) is 220 Å². The summed E-state index contributed by atoms with van der Waals surface area (Å²) >= 11 is 0. The molecule has 0 aliphatic carbocycles. The van der Waals surface area contributed by atoms with Gasteiger partial charge in [0.25, 0.3) is 35.2 Å². The summed E-state index contributed by atoms with van der Waals surface area (Å²) in [6.45, 7) is 4.09. The molecule has 0 unspecified atom stereocenters. The summed E-state index contributed by atoms with van der Waals surface area (Å²) in [5.74, 6) is -31.7. The maximum Gasteiger partial charge on any atom is 0.351 e. The van der Waals surface area contributed by atoms with Crippen molar-refractivity contribution in [3.05, 3.63) is 115 Å². The largest absolute Gasteiger partial charge is 0.393 e. The van der Waals surface area contributed by atoms with Gasteiger partial charge in [-0.25, -0.2) is 75.8 Å². The van der Waals surface area contributed by atoms with Crippen LogP contribution in [0.15, 0.2) is 92.8 Å². The number of aromatic amines is 1. The molecule has 3 amide bonds. The molecule has 16 atom stereocenters. The van der Waals surface area contributed by atoms with Gasteiger partial charge in [0.1, 0.15) is 60.7 Å². The lowest BCUT2D eigenvalue weighted by Crippen LogP contribution is -2.50. The maximum atomic E-state index is 14.5. The molecular weight excluding hydrogens is 1660 g/mol. The van der Waals surface area contributed by atoms with Gasteiger partial charge in [0.2, 0.25) is 55.1 Å². The summed E-state index contributed by atoms with van der Waals surface area (Å²) < 4.78 is 256. The number of amides is 3. The molecular formula is C72H91F16N11O21. The fraction of sp³-hybridized carbons (Fsp3) is 0.667. The lowest BCUT2D eigenvalue weighted by atomic mass is 9.82. The average molecular weight is 1750 g/mol. The Morgan fingerprint density at radius 3 is 0.933 bits per heavy atom. The summed E-state index contributed by atoms with van der Waals surface area (Å²) in [6, 6.07) is 3.19. The fourth-order valence-electron chi connectivity index (χ4n) is 14.6. The summed E-state index contributed by atoms with van der Waals surface area (Å²) in [7, 11) is 0. The van der Waals surface area contributed by atoms with Crippen molar-refractivity contribution in [2.24, 2.45) is 29.6 Å². The highest BCUT2D eigenvalue weighted by Crippen LogP contribution is 2.57. The van der Waals surface area contributed by atoms with Crippen LogP contribution in [-0.4, -0.2) is 251 Å². The zero-order chi connectivity index (χ0) is 90.8. The Hall–Kier alpha value is -8.88. The topological polar surface area (TPSA) is 445 Å². The number of ether oxygens (including phenoxy) is 6. The number of aromatic nitrogens is 6. The predicted molar refractivity (Wildman–Crippen MR) is 380 cm³/mol. The zero-order valence-corrected chi connectivity index (χ0v) is 65.5. The highest BCUT2D eigenvalue weighted by atomic mass is 19.3. The summed E-state index contributed by atoms with van der Waals surface area (Å²) in [5.41, 5.74) is -3.89. The Morgan fingerprint density at radius 1 is 0.392 bits per heavy atom. The molecule has 10 N–H and O–H groups in total. The van der Waals surface area contributed by atoms with Crippen LogP contribution < -0.4 is 34.1 Å². The van der Waals surface area contributed by atoms with Gasteiger partial charge in [0.05, 0.1) is 80.9 Å². The Morgan fingerprint density at radius 2 is 0.658 bits per heavy atom. The monoisotopic (exact) mass is 1750 g/mol. The Balaban J connectivity index is 0.000000198. The van der Waals surface area contributed by atoms with Crippen molar-refractivity contribution in [3.63, 3.8) is 0 Å². The molecule has 672 valence electrons. The number of carbonyl (C=O) groups is 6. The molecule has 0 spiro atoms. The van der Waals surface area contributed by atoms with Crippen molar-refractivity contribution in [1.29, 1.82) is 0 Å². The van der Waals surface area contributed by atoms with E-state index >= 15 is 0 Å². The van der Waals surface area contributed by atoms with Crippen molar-refractivity contribution in [3.8, 4) is 0 Å². The lowest BCUT2D eigenvalue weighted by Gasteiger charge is -2.32. The lowest BCUT2D eigenvalue weighted by molar-refractivity contribution is -0.178.